The van der Waals surface area contributed by atoms with Crippen LogP contribution in [0.15, 0.2) is 170 Å². The monoisotopic (exact) mass is 688 g/mol. The van der Waals surface area contributed by atoms with Crippen molar-refractivity contribution in [3.63, 3.8) is 0 Å². The smallest absolute Gasteiger partial charge is 0.0165 e. The van der Waals surface area contributed by atoms with Crippen LogP contribution in [-0.2, 0) is 10.8 Å². The molecule has 0 unspecified atom stereocenters. The maximum atomic E-state index is 2.49. The fraction of sp³-hybridized carbons (Fsp3) is 0.111. The minimum atomic E-state index is -0.107. The Hall–Kier alpha value is -6.24. The van der Waals surface area contributed by atoms with Gasteiger partial charge in [0, 0.05) is 10.8 Å². The SMILES string of the molecule is CC1(C)c2cc(-c3cc(-c4ccc5cc(-c6ccc7ccccc7c6)ccc5c4)c4ccccc4c3)ccc2-c2c1ccc1c2C(C)(C)c2ccccc2-1. The largest absolute Gasteiger partial charge is 0.0619 e. The Balaban J connectivity index is 1.02. The van der Waals surface area contributed by atoms with E-state index in [4.69, 9.17) is 0 Å². The molecular formula is C54H40. The average molecular weight is 689 g/mol. The molecule has 0 atom stereocenters. The van der Waals surface area contributed by atoms with Crippen LogP contribution in [0.4, 0.5) is 0 Å². The normalized spacial score (nSPS) is 14.6. The van der Waals surface area contributed by atoms with Crippen LogP contribution >= 0.6 is 0 Å². The summed E-state index contributed by atoms with van der Waals surface area (Å²) in [6, 6.07) is 63.9. The molecule has 0 aromatic heterocycles. The van der Waals surface area contributed by atoms with Crippen LogP contribution in [0.2, 0.25) is 0 Å². The second-order valence-corrected chi connectivity index (χ2v) is 16.6. The van der Waals surface area contributed by atoms with E-state index >= 15 is 0 Å². The summed E-state index contributed by atoms with van der Waals surface area (Å²) in [5, 5.41) is 7.58. The second kappa shape index (κ2) is 11.1. The van der Waals surface area contributed by atoms with Crippen molar-refractivity contribution in [2.75, 3.05) is 0 Å². The highest BCUT2D eigenvalue weighted by atomic mass is 14.5. The molecule has 0 fully saturated rings. The number of hydrogen-bond donors (Lipinski definition) is 0. The first kappa shape index (κ1) is 31.3. The predicted molar refractivity (Wildman–Crippen MR) is 230 cm³/mol. The first-order chi connectivity index (χ1) is 26.3. The topological polar surface area (TPSA) is 0 Å². The molecule has 256 valence electrons. The van der Waals surface area contributed by atoms with E-state index < -0.39 is 0 Å². The lowest BCUT2D eigenvalue weighted by atomic mass is 9.77. The van der Waals surface area contributed by atoms with Crippen LogP contribution in [0.1, 0.15) is 49.9 Å². The standard InChI is InChI=1S/C54H40/c1-53(2)49-26-25-45-44-15-9-10-16-48(44)54(3,4)52(45)51(49)46-24-23-39(32-50(46)53)42-30-40-13-7-8-14-43(40)47(31-42)41-22-21-37-28-36(19-20-38(37)29-41)35-18-17-33-11-5-6-12-34(33)27-35/h5-32H,1-4H3. The van der Waals surface area contributed by atoms with E-state index in [1.165, 1.54) is 110 Å². The van der Waals surface area contributed by atoms with Gasteiger partial charge >= 0.3 is 0 Å². The molecule has 2 aliphatic carbocycles. The average Bonchev–Trinajstić information content (AvgIpc) is 3.59. The number of rotatable bonds is 3. The van der Waals surface area contributed by atoms with E-state index in [0.29, 0.717) is 0 Å². The Bertz CT molecular complexity index is 3040. The summed E-state index contributed by atoms with van der Waals surface area (Å²) < 4.78 is 0. The predicted octanol–water partition coefficient (Wildman–Crippen LogP) is 14.8. The van der Waals surface area contributed by atoms with Crippen LogP contribution in [-0.4, -0.2) is 0 Å². The van der Waals surface area contributed by atoms with E-state index in [1.807, 2.05) is 0 Å². The molecule has 11 rings (SSSR count). The highest BCUT2D eigenvalue weighted by molar-refractivity contribution is 6.03. The zero-order valence-electron chi connectivity index (χ0n) is 31.2. The van der Waals surface area contributed by atoms with Gasteiger partial charge in [-0.1, -0.05) is 161 Å². The van der Waals surface area contributed by atoms with Gasteiger partial charge in [0.15, 0.2) is 0 Å². The van der Waals surface area contributed by atoms with Crippen molar-refractivity contribution in [2.45, 2.75) is 38.5 Å². The maximum absolute atomic E-state index is 2.49. The number of hydrogen-bond acceptors (Lipinski definition) is 0. The van der Waals surface area contributed by atoms with Gasteiger partial charge in [-0.15, -0.1) is 0 Å². The van der Waals surface area contributed by atoms with E-state index in [2.05, 4.69) is 198 Å². The maximum Gasteiger partial charge on any atom is 0.0165 e. The first-order valence-electron chi connectivity index (χ1n) is 19.2. The van der Waals surface area contributed by atoms with Gasteiger partial charge < -0.3 is 0 Å². The quantitative estimate of drug-likeness (QED) is 0.173. The Labute approximate surface area is 317 Å². The van der Waals surface area contributed by atoms with Gasteiger partial charge in [0.1, 0.15) is 0 Å². The Morgan fingerprint density at radius 3 is 1.65 bits per heavy atom. The van der Waals surface area contributed by atoms with Crippen molar-refractivity contribution < 1.29 is 0 Å². The molecule has 0 bridgehead atoms. The van der Waals surface area contributed by atoms with Crippen LogP contribution in [0.3, 0.4) is 0 Å². The molecule has 0 aliphatic heterocycles. The van der Waals surface area contributed by atoms with E-state index in [-0.39, 0.29) is 10.8 Å². The molecule has 0 nitrogen and oxygen atoms in total. The fourth-order valence-electron chi connectivity index (χ4n) is 9.96. The lowest BCUT2D eigenvalue weighted by Gasteiger charge is -2.26. The molecule has 0 N–H and O–H groups in total. The summed E-state index contributed by atoms with van der Waals surface area (Å²) in [6.07, 6.45) is 0. The fourth-order valence-corrected chi connectivity index (χ4v) is 9.96. The van der Waals surface area contributed by atoms with Gasteiger partial charge in [-0.25, -0.2) is 0 Å². The highest BCUT2D eigenvalue weighted by Gasteiger charge is 2.44. The molecule has 2 aliphatic rings. The molecule has 0 saturated heterocycles. The summed E-state index contributed by atoms with van der Waals surface area (Å²) >= 11 is 0. The van der Waals surface area contributed by atoms with Gasteiger partial charge in [-0.2, -0.15) is 0 Å². The van der Waals surface area contributed by atoms with Crippen LogP contribution in [0, 0.1) is 0 Å². The van der Waals surface area contributed by atoms with Gasteiger partial charge in [0.2, 0.25) is 0 Å². The van der Waals surface area contributed by atoms with Gasteiger partial charge in [-0.3, -0.25) is 0 Å². The van der Waals surface area contributed by atoms with Crippen LogP contribution in [0.25, 0.3) is 88.0 Å². The molecule has 0 radical (unpaired) electrons. The van der Waals surface area contributed by atoms with Gasteiger partial charge in [0.05, 0.1) is 0 Å². The Morgan fingerprint density at radius 2 is 0.852 bits per heavy atom. The Kier molecular flexibility index (Phi) is 6.46. The third-order valence-electron chi connectivity index (χ3n) is 12.8. The minimum Gasteiger partial charge on any atom is -0.0619 e. The molecule has 0 spiro atoms. The molecule has 0 heteroatoms. The van der Waals surface area contributed by atoms with Crippen molar-refractivity contribution >= 4 is 32.3 Å². The molecule has 0 amide bonds. The molecule has 9 aromatic carbocycles. The molecular weight excluding hydrogens is 649 g/mol. The van der Waals surface area contributed by atoms with Gasteiger partial charge in [-0.05, 0) is 147 Å². The van der Waals surface area contributed by atoms with Crippen molar-refractivity contribution in [3.8, 4) is 55.6 Å². The Morgan fingerprint density at radius 1 is 0.296 bits per heavy atom. The summed E-state index contributed by atoms with van der Waals surface area (Å²) in [5.41, 5.74) is 18.7. The number of benzene rings is 9. The second-order valence-electron chi connectivity index (χ2n) is 16.6. The lowest BCUT2D eigenvalue weighted by Crippen LogP contribution is -2.18. The van der Waals surface area contributed by atoms with E-state index in [1.54, 1.807) is 0 Å². The van der Waals surface area contributed by atoms with E-state index in [9.17, 15) is 0 Å². The summed E-state index contributed by atoms with van der Waals surface area (Å²) in [7, 11) is 0. The minimum absolute atomic E-state index is 0.0568. The summed E-state index contributed by atoms with van der Waals surface area (Å²) in [5.74, 6) is 0. The molecule has 0 heterocycles. The van der Waals surface area contributed by atoms with Gasteiger partial charge in [0.25, 0.3) is 0 Å². The first-order valence-corrected chi connectivity index (χ1v) is 19.2. The van der Waals surface area contributed by atoms with Crippen molar-refractivity contribution in [3.05, 3.63) is 192 Å². The van der Waals surface area contributed by atoms with E-state index in [0.717, 1.165) is 0 Å². The van der Waals surface area contributed by atoms with Crippen molar-refractivity contribution in [1.82, 2.24) is 0 Å². The zero-order chi connectivity index (χ0) is 36.3. The lowest BCUT2D eigenvalue weighted by molar-refractivity contribution is 0.647. The summed E-state index contributed by atoms with van der Waals surface area (Å²) in [4.78, 5) is 0. The van der Waals surface area contributed by atoms with Crippen LogP contribution in [0.5, 0.6) is 0 Å². The third-order valence-corrected chi connectivity index (χ3v) is 12.8. The summed E-state index contributed by atoms with van der Waals surface area (Å²) in [6.45, 7) is 9.64. The van der Waals surface area contributed by atoms with Crippen molar-refractivity contribution in [2.24, 2.45) is 0 Å². The van der Waals surface area contributed by atoms with Crippen LogP contribution < -0.4 is 0 Å². The zero-order valence-corrected chi connectivity index (χ0v) is 31.2. The third kappa shape index (κ3) is 4.44. The number of fused-ring (bicyclic) bond motifs is 10. The highest BCUT2D eigenvalue weighted by Crippen LogP contribution is 2.59. The van der Waals surface area contributed by atoms with Crippen molar-refractivity contribution in [1.29, 1.82) is 0 Å². The molecule has 9 aromatic rings. The molecule has 0 saturated carbocycles. The molecule has 54 heavy (non-hydrogen) atoms.